The Bertz CT molecular complexity index is 1010. The molecule has 0 spiro atoms. The molecule has 0 aliphatic carbocycles. The molecule has 4 rings (SSSR count). The highest BCUT2D eigenvalue weighted by molar-refractivity contribution is 7.89. The first-order valence-corrected chi connectivity index (χ1v) is 12.5. The number of carbonyl (C=O) groups is 1. The second-order valence-corrected chi connectivity index (χ2v) is 10.1. The third kappa shape index (κ3) is 5.19. The molecule has 2 aromatic carbocycles. The van der Waals surface area contributed by atoms with Crippen LogP contribution in [0.4, 0.5) is 4.79 Å². The zero-order valence-electron chi connectivity index (χ0n) is 17.7. The molecule has 2 unspecified atom stereocenters. The Morgan fingerprint density at radius 3 is 2.48 bits per heavy atom. The van der Waals surface area contributed by atoms with E-state index in [1.165, 1.54) is 0 Å². The molecule has 2 aliphatic rings. The van der Waals surface area contributed by atoms with Crippen molar-refractivity contribution in [1.82, 2.24) is 14.5 Å². The van der Waals surface area contributed by atoms with Crippen molar-refractivity contribution in [2.45, 2.75) is 38.3 Å². The number of likely N-dealkylation sites (tertiary alicyclic amines) is 2. The van der Waals surface area contributed by atoms with Gasteiger partial charge in [0.15, 0.2) is 0 Å². The van der Waals surface area contributed by atoms with Crippen molar-refractivity contribution < 1.29 is 17.9 Å². The quantitative estimate of drug-likeness (QED) is 0.713. The predicted molar refractivity (Wildman–Crippen MR) is 120 cm³/mol. The average molecular weight is 444 g/mol. The van der Waals surface area contributed by atoms with Gasteiger partial charge in [0.25, 0.3) is 0 Å². The summed E-state index contributed by atoms with van der Waals surface area (Å²) < 4.78 is 33.3. The predicted octanol–water partition coefficient (Wildman–Crippen LogP) is 3.23. The highest BCUT2D eigenvalue weighted by Crippen LogP contribution is 2.28. The SMILES string of the molecule is CCS(=O)(=O)NC1CCN(C(=O)N2CCC2)C1Cc1cccc(Oc2ccccc2)c1. The number of amides is 2. The van der Waals surface area contributed by atoms with Crippen LogP contribution in [0, 0.1) is 0 Å². The standard InChI is InChI=1S/C23H29N3O4S/c1-2-31(28,29)24-21-12-15-26(23(27)25-13-7-14-25)22(21)17-18-8-6-11-20(16-18)30-19-9-4-3-5-10-19/h3-6,8-11,16,21-22,24H,2,7,12-15,17H2,1H3. The van der Waals surface area contributed by atoms with Crippen LogP contribution in [0.5, 0.6) is 11.5 Å². The summed E-state index contributed by atoms with van der Waals surface area (Å²) in [5.74, 6) is 1.49. The number of ether oxygens (including phenoxy) is 1. The van der Waals surface area contributed by atoms with Crippen LogP contribution in [0.2, 0.25) is 0 Å². The van der Waals surface area contributed by atoms with Crippen LogP contribution in [0.25, 0.3) is 0 Å². The largest absolute Gasteiger partial charge is 0.457 e. The van der Waals surface area contributed by atoms with Gasteiger partial charge in [-0.2, -0.15) is 0 Å². The van der Waals surface area contributed by atoms with Gasteiger partial charge in [-0.05, 0) is 56.0 Å². The minimum atomic E-state index is -3.36. The number of benzene rings is 2. The van der Waals surface area contributed by atoms with Crippen LogP contribution in [0.3, 0.4) is 0 Å². The first kappa shape index (κ1) is 21.6. The molecule has 31 heavy (non-hydrogen) atoms. The number of nitrogens with one attached hydrogen (secondary N) is 1. The number of carbonyl (C=O) groups excluding carboxylic acids is 1. The summed E-state index contributed by atoms with van der Waals surface area (Å²) >= 11 is 0. The zero-order valence-corrected chi connectivity index (χ0v) is 18.6. The number of sulfonamides is 1. The average Bonchev–Trinajstić information content (AvgIpc) is 3.09. The van der Waals surface area contributed by atoms with Crippen LogP contribution in [0.1, 0.15) is 25.3 Å². The topological polar surface area (TPSA) is 79.0 Å². The van der Waals surface area contributed by atoms with Crippen LogP contribution in [-0.2, 0) is 16.4 Å². The Labute approximate surface area is 184 Å². The molecule has 8 heteroatoms. The van der Waals surface area contributed by atoms with E-state index < -0.39 is 10.0 Å². The summed E-state index contributed by atoms with van der Waals surface area (Å²) in [5.41, 5.74) is 1.00. The van der Waals surface area contributed by atoms with Crippen molar-refractivity contribution >= 4 is 16.1 Å². The van der Waals surface area contributed by atoms with Crippen LogP contribution >= 0.6 is 0 Å². The monoisotopic (exact) mass is 443 g/mol. The van der Waals surface area contributed by atoms with Gasteiger partial charge in [0, 0.05) is 25.7 Å². The summed E-state index contributed by atoms with van der Waals surface area (Å²) in [6.07, 6.45) is 2.20. The number of nitrogens with zero attached hydrogens (tertiary/aromatic N) is 2. The minimum Gasteiger partial charge on any atom is -0.457 e. The normalized spacial score (nSPS) is 21.1. The lowest BCUT2D eigenvalue weighted by atomic mass is 10.0. The number of rotatable bonds is 7. The van der Waals surface area contributed by atoms with Crippen molar-refractivity contribution in [1.29, 1.82) is 0 Å². The van der Waals surface area contributed by atoms with Gasteiger partial charge in [-0.3, -0.25) is 0 Å². The van der Waals surface area contributed by atoms with E-state index >= 15 is 0 Å². The Balaban J connectivity index is 1.54. The first-order valence-electron chi connectivity index (χ1n) is 10.8. The summed E-state index contributed by atoms with van der Waals surface area (Å²) in [4.78, 5) is 16.6. The fraction of sp³-hybridized carbons (Fsp3) is 0.435. The molecule has 2 fully saturated rings. The van der Waals surface area contributed by atoms with E-state index in [4.69, 9.17) is 4.74 Å². The number of hydrogen-bond donors (Lipinski definition) is 1. The second kappa shape index (κ2) is 9.28. The van der Waals surface area contributed by atoms with E-state index in [2.05, 4.69) is 4.72 Å². The molecule has 1 N–H and O–H groups in total. The van der Waals surface area contributed by atoms with E-state index in [1.54, 1.807) is 6.92 Å². The molecule has 2 amide bonds. The molecule has 2 heterocycles. The molecule has 2 aromatic rings. The fourth-order valence-electron chi connectivity index (χ4n) is 4.09. The van der Waals surface area contributed by atoms with Gasteiger partial charge in [0.1, 0.15) is 11.5 Å². The fourth-order valence-corrected chi connectivity index (χ4v) is 4.99. The third-order valence-corrected chi connectivity index (χ3v) is 7.37. The summed E-state index contributed by atoms with van der Waals surface area (Å²) in [6, 6.07) is 16.8. The van der Waals surface area contributed by atoms with Crippen molar-refractivity contribution in [3.8, 4) is 11.5 Å². The molecule has 2 atom stereocenters. The van der Waals surface area contributed by atoms with Crippen molar-refractivity contribution in [2.75, 3.05) is 25.4 Å². The van der Waals surface area contributed by atoms with Crippen molar-refractivity contribution in [2.24, 2.45) is 0 Å². The minimum absolute atomic E-state index is 0.00568. The smallest absolute Gasteiger partial charge is 0.320 e. The van der Waals surface area contributed by atoms with Gasteiger partial charge in [-0.15, -0.1) is 0 Å². The number of urea groups is 1. The van der Waals surface area contributed by atoms with Gasteiger partial charge in [0.05, 0.1) is 11.8 Å². The zero-order chi connectivity index (χ0) is 21.8. The maximum atomic E-state index is 13.0. The van der Waals surface area contributed by atoms with Gasteiger partial charge < -0.3 is 14.5 Å². The molecule has 0 radical (unpaired) electrons. The summed E-state index contributed by atoms with van der Waals surface area (Å²) in [5, 5.41) is 0. The van der Waals surface area contributed by atoms with Gasteiger partial charge in [0.2, 0.25) is 10.0 Å². The van der Waals surface area contributed by atoms with E-state index in [0.29, 0.717) is 25.1 Å². The molecule has 0 aromatic heterocycles. The Morgan fingerprint density at radius 1 is 1.06 bits per heavy atom. The molecule has 166 valence electrons. The van der Waals surface area contributed by atoms with Gasteiger partial charge in [-0.25, -0.2) is 17.9 Å². The highest BCUT2D eigenvalue weighted by Gasteiger charge is 2.41. The maximum absolute atomic E-state index is 13.0. The van der Waals surface area contributed by atoms with E-state index in [0.717, 1.165) is 30.8 Å². The molecule has 0 bridgehead atoms. The lowest BCUT2D eigenvalue weighted by molar-refractivity contribution is 0.120. The molecular weight excluding hydrogens is 414 g/mol. The van der Waals surface area contributed by atoms with E-state index in [1.807, 2.05) is 64.4 Å². The van der Waals surface area contributed by atoms with Crippen LogP contribution < -0.4 is 9.46 Å². The Hall–Kier alpha value is -2.58. The molecule has 7 nitrogen and oxygen atoms in total. The number of para-hydroxylation sites is 1. The lowest BCUT2D eigenvalue weighted by Gasteiger charge is -2.37. The number of hydrogen-bond acceptors (Lipinski definition) is 4. The maximum Gasteiger partial charge on any atom is 0.320 e. The molecule has 0 saturated carbocycles. The van der Waals surface area contributed by atoms with Crippen molar-refractivity contribution in [3.05, 3.63) is 60.2 Å². The molecule has 2 aliphatic heterocycles. The lowest BCUT2D eigenvalue weighted by Crippen LogP contribution is -2.54. The first-order chi connectivity index (χ1) is 14.9. The summed E-state index contributed by atoms with van der Waals surface area (Å²) in [6.45, 7) is 3.72. The Morgan fingerprint density at radius 2 is 1.81 bits per heavy atom. The van der Waals surface area contributed by atoms with Crippen LogP contribution in [-0.4, -0.2) is 61.7 Å². The third-order valence-electron chi connectivity index (χ3n) is 5.95. The van der Waals surface area contributed by atoms with Crippen molar-refractivity contribution in [3.63, 3.8) is 0 Å². The Kier molecular flexibility index (Phi) is 6.48. The van der Waals surface area contributed by atoms with Crippen LogP contribution in [0.15, 0.2) is 54.6 Å². The summed E-state index contributed by atoms with van der Waals surface area (Å²) in [7, 11) is -3.36. The molecular formula is C23H29N3O4S. The second-order valence-electron chi connectivity index (χ2n) is 8.07. The van der Waals surface area contributed by atoms with E-state index in [9.17, 15) is 13.2 Å². The van der Waals surface area contributed by atoms with Gasteiger partial charge >= 0.3 is 6.03 Å². The van der Waals surface area contributed by atoms with Gasteiger partial charge in [-0.1, -0.05) is 30.3 Å². The highest BCUT2D eigenvalue weighted by atomic mass is 32.2. The van der Waals surface area contributed by atoms with E-state index in [-0.39, 0.29) is 23.9 Å². The molecule has 2 saturated heterocycles.